The van der Waals surface area contributed by atoms with E-state index in [0.29, 0.717) is 6.07 Å². The number of carbonyl (C=O) groups excluding carboxylic acids is 1. The zero-order chi connectivity index (χ0) is 13.2. The first-order valence-corrected chi connectivity index (χ1v) is 4.99. The van der Waals surface area contributed by atoms with Crippen molar-refractivity contribution in [3.63, 3.8) is 0 Å². The number of methoxy groups -OCH3 is 1. The van der Waals surface area contributed by atoms with Crippen LogP contribution in [0.1, 0.15) is 21.5 Å². The highest BCUT2D eigenvalue weighted by Crippen LogP contribution is 2.34. The predicted octanol–water partition coefficient (Wildman–Crippen LogP) is 3.13. The summed E-state index contributed by atoms with van der Waals surface area (Å²) in [7, 11) is 1.08. The average molecular weight is 308 g/mol. The van der Waals surface area contributed by atoms with Gasteiger partial charge in [0.25, 0.3) is 0 Å². The van der Waals surface area contributed by atoms with Crippen LogP contribution in [0.2, 0.25) is 0 Å². The number of nitrogens with zero attached hydrogens (tertiary/aromatic N) is 1. The second-order valence-corrected chi connectivity index (χ2v) is 3.84. The van der Waals surface area contributed by atoms with Crippen molar-refractivity contribution in [2.75, 3.05) is 7.11 Å². The smallest absolute Gasteiger partial charge is 0.416 e. The second-order valence-electron chi connectivity index (χ2n) is 2.98. The molecule has 1 aromatic rings. The van der Waals surface area contributed by atoms with Gasteiger partial charge in [0.2, 0.25) is 0 Å². The summed E-state index contributed by atoms with van der Waals surface area (Å²) in [5, 5.41) is 8.73. The van der Waals surface area contributed by atoms with Crippen LogP contribution in [0.15, 0.2) is 16.6 Å². The number of carbonyl (C=O) groups is 1. The van der Waals surface area contributed by atoms with Gasteiger partial charge in [-0.2, -0.15) is 18.4 Å². The van der Waals surface area contributed by atoms with Crippen molar-refractivity contribution < 1.29 is 22.7 Å². The largest absolute Gasteiger partial charge is 0.465 e. The Morgan fingerprint density at radius 3 is 2.47 bits per heavy atom. The third-order valence-electron chi connectivity index (χ3n) is 1.93. The van der Waals surface area contributed by atoms with Crippen LogP contribution < -0.4 is 0 Å². The number of hydrogen-bond acceptors (Lipinski definition) is 3. The molecule has 0 aromatic heterocycles. The highest BCUT2D eigenvalue weighted by atomic mass is 79.9. The van der Waals surface area contributed by atoms with E-state index in [-0.39, 0.29) is 10.0 Å². The fraction of sp³-hybridized carbons (Fsp3) is 0.200. The van der Waals surface area contributed by atoms with E-state index in [1.165, 1.54) is 6.07 Å². The number of hydrogen-bond donors (Lipinski definition) is 0. The lowest BCUT2D eigenvalue weighted by Crippen LogP contribution is -2.10. The van der Waals surface area contributed by atoms with Gasteiger partial charge in [-0.15, -0.1) is 0 Å². The van der Waals surface area contributed by atoms with Gasteiger partial charge in [0.1, 0.15) is 6.07 Å². The van der Waals surface area contributed by atoms with Crippen molar-refractivity contribution in [2.45, 2.75) is 6.18 Å². The van der Waals surface area contributed by atoms with E-state index in [9.17, 15) is 18.0 Å². The molecule has 0 heterocycles. The molecule has 0 radical (unpaired) electrons. The van der Waals surface area contributed by atoms with Crippen molar-refractivity contribution >= 4 is 21.9 Å². The van der Waals surface area contributed by atoms with E-state index >= 15 is 0 Å². The Morgan fingerprint density at radius 1 is 1.47 bits per heavy atom. The van der Waals surface area contributed by atoms with E-state index in [4.69, 9.17) is 5.26 Å². The molecule has 0 atom stereocenters. The van der Waals surface area contributed by atoms with E-state index in [2.05, 4.69) is 20.7 Å². The van der Waals surface area contributed by atoms with Gasteiger partial charge < -0.3 is 4.74 Å². The van der Waals surface area contributed by atoms with Crippen LogP contribution >= 0.6 is 15.9 Å². The number of halogens is 4. The van der Waals surface area contributed by atoms with Gasteiger partial charge in [0.15, 0.2) is 0 Å². The molecule has 1 aromatic carbocycles. The Bertz CT molecular complexity index is 505. The van der Waals surface area contributed by atoms with Gasteiger partial charge in [0, 0.05) is 4.47 Å². The van der Waals surface area contributed by atoms with Crippen LogP contribution in [-0.4, -0.2) is 13.1 Å². The number of benzene rings is 1. The first-order chi connectivity index (χ1) is 7.81. The predicted molar refractivity (Wildman–Crippen MR) is 55.2 cm³/mol. The van der Waals surface area contributed by atoms with E-state index in [1.54, 1.807) is 0 Å². The molecule has 0 fully saturated rings. The lowest BCUT2D eigenvalue weighted by atomic mass is 10.0. The molecular formula is C10H5BrF3NO2. The zero-order valence-electron chi connectivity index (χ0n) is 8.43. The molecule has 3 nitrogen and oxygen atoms in total. The number of alkyl halides is 3. The Balaban J connectivity index is 3.48. The van der Waals surface area contributed by atoms with E-state index in [0.717, 1.165) is 13.2 Å². The SMILES string of the molecule is COC(=O)c1c(Br)cc(C(F)(F)F)cc1C#N. The van der Waals surface area contributed by atoms with Crippen molar-refractivity contribution in [1.29, 1.82) is 5.26 Å². The monoisotopic (exact) mass is 307 g/mol. The summed E-state index contributed by atoms with van der Waals surface area (Å²) in [6.45, 7) is 0. The summed E-state index contributed by atoms with van der Waals surface area (Å²) in [6.07, 6.45) is -4.58. The van der Waals surface area contributed by atoms with Gasteiger partial charge in [-0.3, -0.25) is 0 Å². The molecule has 7 heteroatoms. The molecule has 0 unspecified atom stereocenters. The molecule has 0 saturated carbocycles. The topological polar surface area (TPSA) is 50.1 Å². The molecule has 0 N–H and O–H groups in total. The number of ether oxygens (including phenoxy) is 1. The van der Waals surface area contributed by atoms with Gasteiger partial charge in [-0.25, -0.2) is 4.79 Å². The first kappa shape index (κ1) is 13.5. The lowest BCUT2D eigenvalue weighted by molar-refractivity contribution is -0.137. The van der Waals surface area contributed by atoms with Crippen LogP contribution in [-0.2, 0) is 10.9 Å². The third-order valence-corrected chi connectivity index (χ3v) is 2.55. The minimum atomic E-state index is -4.58. The molecular weight excluding hydrogens is 303 g/mol. The summed E-state index contributed by atoms with van der Waals surface area (Å²) in [4.78, 5) is 11.3. The maximum absolute atomic E-state index is 12.5. The normalized spacial score (nSPS) is 10.8. The standard InChI is InChI=1S/C10H5BrF3NO2/c1-17-9(16)8-5(4-15)2-6(3-7(8)11)10(12,13)14/h2-3H,1H3. The Kier molecular flexibility index (Phi) is 3.78. The quantitative estimate of drug-likeness (QED) is 0.749. The molecule has 1 rings (SSSR count). The molecule has 0 aliphatic rings. The maximum Gasteiger partial charge on any atom is 0.416 e. The Hall–Kier alpha value is -1.55. The van der Waals surface area contributed by atoms with Crippen LogP contribution in [0.4, 0.5) is 13.2 Å². The second kappa shape index (κ2) is 4.75. The summed E-state index contributed by atoms with van der Waals surface area (Å²) in [5.41, 5.74) is -1.62. The summed E-state index contributed by atoms with van der Waals surface area (Å²) >= 11 is 2.82. The highest BCUT2D eigenvalue weighted by molar-refractivity contribution is 9.10. The first-order valence-electron chi connectivity index (χ1n) is 4.20. The summed E-state index contributed by atoms with van der Waals surface area (Å²) < 4.78 is 41.6. The summed E-state index contributed by atoms with van der Waals surface area (Å²) in [6, 6.07) is 2.87. The highest BCUT2D eigenvalue weighted by Gasteiger charge is 2.33. The van der Waals surface area contributed by atoms with Crippen molar-refractivity contribution in [1.82, 2.24) is 0 Å². The van der Waals surface area contributed by atoms with Crippen LogP contribution in [0.5, 0.6) is 0 Å². The molecule has 0 saturated heterocycles. The number of esters is 1. The fourth-order valence-electron chi connectivity index (χ4n) is 1.17. The summed E-state index contributed by atoms with van der Waals surface area (Å²) in [5.74, 6) is -0.873. The molecule has 0 bridgehead atoms. The molecule has 0 aliphatic carbocycles. The number of nitriles is 1. The molecule has 0 spiro atoms. The van der Waals surface area contributed by atoms with Crippen LogP contribution in [0.25, 0.3) is 0 Å². The lowest BCUT2D eigenvalue weighted by Gasteiger charge is -2.10. The van der Waals surface area contributed by atoms with E-state index < -0.39 is 23.3 Å². The molecule has 90 valence electrons. The minimum Gasteiger partial charge on any atom is -0.465 e. The van der Waals surface area contributed by atoms with Crippen molar-refractivity contribution in [3.05, 3.63) is 33.3 Å². The third kappa shape index (κ3) is 2.77. The zero-order valence-corrected chi connectivity index (χ0v) is 10.0. The minimum absolute atomic E-state index is 0.129. The van der Waals surface area contributed by atoms with Crippen molar-refractivity contribution in [3.8, 4) is 6.07 Å². The number of rotatable bonds is 1. The van der Waals surface area contributed by atoms with Gasteiger partial charge in [0.05, 0.1) is 23.8 Å². The van der Waals surface area contributed by atoms with Gasteiger partial charge in [-0.05, 0) is 28.1 Å². The molecule has 17 heavy (non-hydrogen) atoms. The Labute approximate surface area is 103 Å². The van der Waals surface area contributed by atoms with Gasteiger partial charge >= 0.3 is 12.1 Å². The van der Waals surface area contributed by atoms with Gasteiger partial charge in [-0.1, -0.05) is 0 Å². The molecule has 0 amide bonds. The van der Waals surface area contributed by atoms with E-state index in [1.807, 2.05) is 0 Å². The fourth-order valence-corrected chi connectivity index (χ4v) is 1.79. The average Bonchev–Trinajstić information content (AvgIpc) is 2.25. The van der Waals surface area contributed by atoms with Crippen LogP contribution in [0.3, 0.4) is 0 Å². The molecule has 0 aliphatic heterocycles. The van der Waals surface area contributed by atoms with Crippen molar-refractivity contribution in [2.24, 2.45) is 0 Å². The Morgan fingerprint density at radius 2 is 2.06 bits per heavy atom. The van der Waals surface area contributed by atoms with Crippen LogP contribution in [0, 0.1) is 11.3 Å². The maximum atomic E-state index is 12.5.